The number of hydrogen-bond acceptors (Lipinski definition) is 4. The van der Waals surface area contributed by atoms with Crippen LogP contribution in [0.2, 0.25) is 5.02 Å². The summed E-state index contributed by atoms with van der Waals surface area (Å²) in [4.78, 5) is 4.03. The molecule has 0 aliphatic heterocycles. The Bertz CT molecular complexity index is 496. The van der Waals surface area contributed by atoms with E-state index in [0.29, 0.717) is 23.0 Å². The Hall–Kier alpha value is -1.52. The number of aryl methyl sites for hydroxylation is 1. The molecule has 0 spiro atoms. The van der Waals surface area contributed by atoms with E-state index in [9.17, 15) is 0 Å². The van der Waals surface area contributed by atoms with Gasteiger partial charge < -0.3 is 14.9 Å². The number of rotatable bonds is 3. The van der Waals surface area contributed by atoms with Crippen LogP contribution in [0.3, 0.4) is 0 Å². The van der Waals surface area contributed by atoms with Gasteiger partial charge in [0.1, 0.15) is 12.0 Å². The number of ether oxygens (including phenoxy) is 1. The third-order valence-corrected chi connectivity index (χ3v) is 2.50. The fraction of sp³-hybridized carbons (Fsp3) is 0.182. The van der Waals surface area contributed by atoms with Gasteiger partial charge in [0.05, 0.1) is 5.69 Å². The minimum Gasteiger partial charge on any atom is -0.417 e. The van der Waals surface area contributed by atoms with Crippen molar-refractivity contribution in [3.05, 3.63) is 40.7 Å². The first-order chi connectivity index (χ1) is 7.69. The van der Waals surface area contributed by atoms with Crippen LogP contribution in [-0.2, 0) is 6.54 Å². The number of hydrogen-bond donors (Lipinski definition) is 1. The van der Waals surface area contributed by atoms with Gasteiger partial charge in [0.15, 0.2) is 0 Å². The molecular weight excluding hydrogens is 228 g/mol. The highest BCUT2D eigenvalue weighted by Crippen LogP contribution is 2.25. The molecule has 1 heterocycles. The van der Waals surface area contributed by atoms with E-state index in [1.807, 2.05) is 13.0 Å². The molecule has 0 amide bonds. The first kappa shape index (κ1) is 11.0. The molecule has 5 heteroatoms. The topological polar surface area (TPSA) is 61.3 Å². The van der Waals surface area contributed by atoms with Crippen LogP contribution in [-0.4, -0.2) is 4.98 Å². The maximum absolute atomic E-state index is 5.90. The lowest BCUT2D eigenvalue weighted by molar-refractivity contribution is 0.330. The Morgan fingerprint density at radius 2 is 2.31 bits per heavy atom. The van der Waals surface area contributed by atoms with Gasteiger partial charge in [-0.05, 0) is 30.7 Å². The molecule has 0 atom stereocenters. The Morgan fingerprint density at radius 3 is 2.94 bits per heavy atom. The smallest absolute Gasteiger partial charge is 0.399 e. The average Bonchev–Trinajstić information content (AvgIpc) is 2.71. The number of halogens is 1. The van der Waals surface area contributed by atoms with Crippen LogP contribution in [0.25, 0.3) is 0 Å². The quantitative estimate of drug-likeness (QED) is 0.893. The molecule has 1 aromatic heterocycles. The highest BCUT2D eigenvalue weighted by Gasteiger charge is 2.06. The fourth-order valence-electron chi connectivity index (χ4n) is 1.21. The van der Waals surface area contributed by atoms with Gasteiger partial charge in [-0.15, -0.1) is 0 Å². The molecule has 2 aromatic rings. The van der Waals surface area contributed by atoms with Crippen LogP contribution in [0.5, 0.6) is 11.8 Å². The van der Waals surface area contributed by atoms with Crippen LogP contribution < -0.4 is 10.5 Å². The summed E-state index contributed by atoms with van der Waals surface area (Å²) < 4.78 is 10.5. The van der Waals surface area contributed by atoms with Crippen LogP contribution in [0.1, 0.15) is 11.3 Å². The van der Waals surface area contributed by atoms with Crippen LogP contribution in [0.4, 0.5) is 0 Å². The molecule has 0 aliphatic carbocycles. The van der Waals surface area contributed by atoms with Crippen molar-refractivity contribution in [1.82, 2.24) is 4.98 Å². The van der Waals surface area contributed by atoms with E-state index in [0.717, 1.165) is 5.56 Å². The molecule has 84 valence electrons. The lowest BCUT2D eigenvalue weighted by atomic mass is 10.2. The predicted octanol–water partition coefficient (Wildman–Crippen LogP) is 2.89. The van der Waals surface area contributed by atoms with Gasteiger partial charge in [0.2, 0.25) is 0 Å². The Morgan fingerprint density at radius 1 is 1.50 bits per heavy atom. The second kappa shape index (κ2) is 4.55. The van der Waals surface area contributed by atoms with E-state index in [4.69, 9.17) is 26.5 Å². The minimum atomic E-state index is 0.183. The van der Waals surface area contributed by atoms with Gasteiger partial charge >= 0.3 is 6.08 Å². The van der Waals surface area contributed by atoms with Gasteiger partial charge in [0.25, 0.3) is 0 Å². The lowest BCUT2D eigenvalue weighted by Crippen LogP contribution is -1.95. The van der Waals surface area contributed by atoms with Gasteiger partial charge in [-0.3, -0.25) is 0 Å². The molecule has 0 fully saturated rings. The first-order valence-corrected chi connectivity index (χ1v) is 5.15. The van der Waals surface area contributed by atoms with E-state index in [-0.39, 0.29) is 6.08 Å². The zero-order valence-electron chi connectivity index (χ0n) is 8.74. The standard InChI is InChI=1S/C11H11ClN2O2/c1-7-4-9(2-3-10(7)12)16-11-14-8(5-13)6-15-11/h2-4,6H,5,13H2,1H3. The minimum absolute atomic E-state index is 0.183. The number of oxazole rings is 1. The van der Waals surface area contributed by atoms with E-state index in [1.165, 1.54) is 6.26 Å². The van der Waals surface area contributed by atoms with E-state index in [2.05, 4.69) is 4.98 Å². The van der Waals surface area contributed by atoms with E-state index >= 15 is 0 Å². The second-order valence-electron chi connectivity index (χ2n) is 3.32. The molecule has 0 bridgehead atoms. The molecule has 2 rings (SSSR count). The van der Waals surface area contributed by atoms with Crippen molar-refractivity contribution >= 4 is 11.6 Å². The van der Waals surface area contributed by atoms with Gasteiger partial charge in [-0.1, -0.05) is 11.6 Å². The molecule has 0 unspecified atom stereocenters. The monoisotopic (exact) mass is 238 g/mol. The summed E-state index contributed by atoms with van der Waals surface area (Å²) >= 11 is 5.90. The summed E-state index contributed by atoms with van der Waals surface area (Å²) in [5.41, 5.74) is 6.99. The third-order valence-electron chi connectivity index (χ3n) is 2.07. The van der Waals surface area contributed by atoms with Crippen LogP contribution in [0.15, 0.2) is 28.9 Å². The second-order valence-corrected chi connectivity index (χ2v) is 3.73. The van der Waals surface area contributed by atoms with Crippen molar-refractivity contribution in [2.45, 2.75) is 13.5 Å². The number of nitrogens with zero attached hydrogens (tertiary/aromatic N) is 1. The molecule has 4 nitrogen and oxygen atoms in total. The first-order valence-electron chi connectivity index (χ1n) is 4.77. The number of aromatic nitrogens is 1. The van der Waals surface area contributed by atoms with Gasteiger partial charge in [-0.25, -0.2) is 0 Å². The summed E-state index contributed by atoms with van der Waals surface area (Å²) in [7, 11) is 0. The zero-order valence-corrected chi connectivity index (χ0v) is 9.49. The highest BCUT2D eigenvalue weighted by molar-refractivity contribution is 6.31. The van der Waals surface area contributed by atoms with Crippen molar-refractivity contribution in [3.8, 4) is 11.8 Å². The molecule has 0 saturated carbocycles. The Kier molecular flexibility index (Phi) is 3.12. The van der Waals surface area contributed by atoms with Crippen LogP contribution >= 0.6 is 11.6 Å². The molecule has 2 N–H and O–H groups in total. The molecular formula is C11H11ClN2O2. The van der Waals surface area contributed by atoms with Gasteiger partial charge in [-0.2, -0.15) is 4.98 Å². The SMILES string of the molecule is Cc1cc(Oc2nc(CN)co2)ccc1Cl. The number of benzene rings is 1. The van der Waals surface area contributed by atoms with Crippen molar-refractivity contribution in [2.75, 3.05) is 0 Å². The van der Waals surface area contributed by atoms with Crippen molar-refractivity contribution < 1.29 is 9.15 Å². The molecule has 1 aromatic carbocycles. The zero-order chi connectivity index (χ0) is 11.5. The predicted molar refractivity (Wildman–Crippen MR) is 60.7 cm³/mol. The van der Waals surface area contributed by atoms with E-state index < -0.39 is 0 Å². The van der Waals surface area contributed by atoms with Crippen molar-refractivity contribution in [3.63, 3.8) is 0 Å². The normalized spacial score (nSPS) is 10.4. The third kappa shape index (κ3) is 2.35. The Labute approximate surface area is 98.0 Å². The molecule has 0 aliphatic rings. The lowest BCUT2D eigenvalue weighted by Gasteiger charge is -2.02. The number of nitrogens with two attached hydrogens (primary N) is 1. The van der Waals surface area contributed by atoms with Crippen LogP contribution in [0, 0.1) is 6.92 Å². The maximum atomic E-state index is 5.90. The largest absolute Gasteiger partial charge is 0.417 e. The molecule has 0 radical (unpaired) electrons. The highest BCUT2D eigenvalue weighted by atomic mass is 35.5. The average molecular weight is 239 g/mol. The van der Waals surface area contributed by atoms with Crippen molar-refractivity contribution in [1.29, 1.82) is 0 Å². The summed E-state index contributed by atoms with van der Waals surface area (Å²) in [6.45, 7) is 2.22. The summed E-state index contributed by atoms with van der Waals surface area (Å²) in [5, 5.41) is 0.697. The maximum Gasteiger partial charge on any atom is 0.399 e. The summed E-state index contributed by atoms with van der Waals surface area (Å²) in [6.07, 6.45) is 1.65. The van der Waals surface area contributed by atoms with E-state index in [1.54, 1.807) is 12.1 Å². The Balaban J connectivity index is 2.17. The fourth-order valence-corrected chi connectivity index (χ4v) is 1.33. The molecule has 0 saturated heterocycles. The summed E-state index contributed by atoms with van der Waals surface area (Å²) in [5.74, 6) is 0.632. The summed E-state index contributed by atoms with van der Waals surface area (Å²) in [6, 6.07) is 5.33. The van der Waals surface area contributed by atoms with Crippen molar-refractivity contribution in [2.24, 2.45) is 5.73 Å². The molecule has 16 heavy (non-hydrogen) atoms. The van der Waals surface area contributed by atoms with Gasteiger partial charge in [0, 0.05) is 11.6 Å².